The molecule has 5 heteroatoms. The maximum atomic E-state index is 12.5. The smallest absolute Gasteiger partial charge is 0.257 e. The molecule has 1 aliphatic heterocycles. The maximum Gasteiger partial charge on any atom is 0.257 e. The third kappa shape index (κ3) is 2.98. The lowest BCUT2D eigenvalue weighted by molar-refractivity contribution is 0.0267. The number of anilines is 1. The lowest BCUT2D eigenvalue weighted by atomic mass is 10.1. The molecule has 1 amide bonds. The van der Waals surface area contributed by atoms with Crippen LogP contribution in [0.25, 0.3) is 0 Å². The molecule has 5 nitrogen and oxygen atoms in total. The van der Waals surface area contributed by atoms with Crippen LogP contribution in [0.4, 0.5) is 5.69 Å². The Kier molecular flexibility index (Phi) is 4.27. The van der Waals surface area contributed by atoms with Crippen LogP contribution in [0.2, 0.25) is 0 Å². The minimum Gasteiger partial charge on any atom is -0.496 e. The predicted octanol–water partition coefficient (Wildman–Crippen LogP) is 1.53. The van der Waals surface area contributed by atoms with Gasteiger partial charge in [-0.25, -0.2) is 0 Å². The Morgan fingerprint density at radius 3 is 2.89 bits per heavy atom. The van der Waals surface area contributed by atoms with Crippen LogP contribution in [0.3, 0.4) is 0 Å². The average Bonchev–Trinajstić information content (AvgIpc) is 2.46. The average molecular weight is 264 g/mol. The third-order valence-corrected chi connectivity index (χ3v) is 3.45. The number of piperidine rings is 1. The van der Waals surface area contributed by atoms with Gasteiger partial charge in [-0.2, -0.15) is 0 Å². The molecular weight excluding hydrogens is 244 g/mol. The van der Waals surface area contributed by atoms with Crippen LogP contribution < -0.4 is 10.5 Å². The molecule has 1 heterocycles. The summed E-state index contributed by atoms with van der Waals surface area (Å²) in [6, 6.07) is 5.10. The second-order valence-corrected chi connectivity index (χ2v) is 4.71. The lowest BCUT2D eigenvalue weighted by Crippen LogP contribution is -2.43. The van der Waals surface area contributed by atoms with Gasteiger partial charge in [-0.15, -0.1) is 0 Å². The normalized spacial score (nSPS) is 19.3. The number of hydrogen-bond donors (Lipinski definition) is 1. The summed E-state index contributed by atoms with van der Waals surface area (Å²) >= 11 is 0. The van der Waals surface area contributed by atoms with Gasteiger partial charge in [0.2, 0.25) is 0 Å². The minimum atomic E-state index is -0.0291. The van der Waals surface area contributed by atoms with Crippen molar-refractivity contribution in [3.63, 3.8) is 0 Å². The molecule has 1 saturated heterocycles. The van der Waals surface area contributed by atoms with Crippen LogP contribution in [0.5, 0.6) is 5.75 Å². The van der Waals surface area contributed by atoms with E-state index in [-0.39, 0.29) is 12.0 Å². The van der Waals surface area contributed by atoms with Crippen LogP contribution in [0, 0.1) is 0 Å². The molecule has 1 aromatic rings. The Morgan fingerprint density at radius 1 is 1.42 bits per heavy atom. The molecule has 1 atom stereocenters. The van der Waals surface area contributed by atoms with Crippen molar-refractivity contribution in [1.82, 2.24) is 4.90 Å². The van der Waals surface area contributed by atoms with E-state index in [1.807, 2.05) is 4.90 Å². The fourth-order valence-electron chi connectivity index (χ4n) is 2.37. The Morgan fingerprint density at radius 2 is 2.21 bits per heavy atom. The Balaban J connectivity index is 2.19. The predicted molar refractivity (Wildman–Crippen MR) is 73.3 cm³/mol. The van der Waals surface area contributed by atoms with Crippen molar-refractivity contribution in [2.45, 2.75) is 18.9 Å². The number of ether oxygens (including phenoxy) is 2. The Labute approximate surface area is 113 Å². The molecule has 2 rings (SSSR count). The summed E-state index contributed by atoms with van der Waals surface area (Å²) in [5.41, 5.74) is 6.83. The van der Waals surface area contributed by atoms with Gasteiger partial charge in [0.05, 0.1) is 18.8 Å². The zero-order valence-electron chi connectivity index (χ0n) is 11.4. The van der Waals surface area contributed by atoms with E-state index in [0.717, 1.165) is 19.4 Å². The highest BCUT2D eigenvalue weighted by molar-refractivity contribution is 5.97. The monoisotopic (exact) mass is 264 g/mol. The van der Waals surface area contributed by atoms with Crippen molar-refractivity contribution in [3.05, 3.63) is 23.8 Å². The number of hydrogen-bond acceptors (Lipinski definition) is 4. The van der Waals surface area contributed by atoms with E-state index in [2.05, 4.69) is 0 Å². The molecule has 1 aromatic carbocycles. The quantitative estimate of drug-likeness (QED) is 0.841. The number of nitrogen functional groups attached to an aromatic ring is 1. The summed E-state index contributed by atoms with van der Waals surface area (Å²) < 4.78 is 10.6. The molecule has 1 aliphatic rings. The van der Waals surface area contributed by atoms with E-state index in [1.165, 1.54) is 0 Å². The number of carbonyl (C=O) groups is 1. The molecule has 0 saturated carbocycles. The lowest BCUT2D eigenvalue weighted by Gasteiger charge is -2.32. The number of carbonyl (C=O) groups excluding carboxylic acids is 1. The molecule has 2 N–H and O–H groups in total. The van der Waals surface area contributed by atoms with Crippen molar-refractivity contribution in [2.24, 2.45) is 0 Å². The van der Waals surface area contributed by atoms with Gasteiger partial charge >= 0.3 is 0 Å². The topological polar surface area (TPSA) is 64.8 Å². The van der Waals surface area contributed by atoms with Crippen molar-refractivity contribution >= 4 is 11.6 Å². The van der Waals surface area contributed by atoms with Gasteiger partial charge in [-0.05, 0) is 25.0 Å². The first-order valence-corrected chi connectivity index (χ1v) is 6.41. The Bertz CT molecular complexity index is 462. The van der Waals surface area contributed by atoms with Crippen LogP contribution in [0.1, 0.15) is 23.2 Å². The summed E-state index contributed by atoms with van der Waals surface area (Å²) in [5, 5.41) is 0. The first kappa shape index (κ1) is 13.7. The van der Waals surface area contributed by atoms with Gasteiger partial charge in [0.15, 0.2) is 0 Å². The van der Waals surface area contributed by atoms with Crippen molar-refractivity contribution in [1.29, 1.82) is 0 Å². The highest BCUT2D eigenvalue weighted by atomic mass is 16.5. The molecule has 0 radical (unpaired) electrons. The number of likely N-dealkylation sites (tertiary alicyclic amines) is 1. The van der Waals surface area contributed by atoms with E-state index in [0.29, 0.717) is 23.5 Å². The highest BCUT2D eigenvalue weighted by Gasteiger charge is 2.26. The second-order valence-electron chi connectivity index (χ2n) is 4.71. The van der Waals surface area contributed by atoms with E-state index in [4.69, 9.17) is 15.2 Å². The zero-order chi connectivity index (χ0) is 13.8. The molecule has 0 bridgehead atoms. The third-order valence-electron chi connectivity index (χ3n) is 3.45. The molecule has 19 heavy (non-hydrogen) atoms. The highest BCUT2D eigenvalue weighted by Crippen LogP contribution is 2.24. The first-order valence-electron chi connectivity index (χ1n) is 6.41. The largest absolute Gasteiger partial charge is 0.496 e. The molecule has 0 aliphatic carbocycles. The zero-order valence-corrected chi connectivity index (χ0v) is 11.4. The number of benzene rings is 1. The SMILES string of the molecule is COc1cc(N)ccc1C(=O)N1CCCC(OC)C1. The number of nitrogens with two attached hydrogens (primary N) is 1. The summed E-state index contributed by atoms with van der Waals surface area (Å²) in [6.45, 7) is 1.38. The van der Waals surface area contributed by atoms with Gasteiger partial charge in [0, 0.05) is 32.0 Å². The number of nitrogens with zero attached hydrogens (tertiary/aromatic N) is 1. The van der Waals surface area contributed by atoms with Crippen molar-refractivity contribution < 1.29 is 14.3 Å². The van der Waals surface area contributed by atoms with Gasteiger partial charge in [-0.1, -0.05) is 0 Å². The summed E-state index contributed by atoms with van der Waals surface area (Å²) in [7, 11) is 3.22. The fourth-order valence-corrected chi connectivity index (χ4v) is 2.37. The number of amides is 1. The molecular formula is C14H20N2O3. The van der Waals surface area contributed by atoms with E-state index in [1.54, 1.807) is 32.4 Å². The summed E-state index contributed by atoms with van der Waals surface area (Å²) in [5.74, 6) is 0.489. The second kappa shape index (κ2) is 5.93. The fraction of sp³-hybridized carbons (Fsp3) is 0.500. The van der Waals surface area contributed by atoms with E-state index >= 15 is 0 Å². The van der Waals surface area contributed by atoms with Crippen molar-refractivity contribution in [3.8, 4) is 5.75 Å². The van der Waals surface area contributed by atoms with Gasteiger partial charge in [0.25, 0.3) is 5.91 Å². The van der Waals surface area contributed by atoms with Gasteiger partial charge < -0.3 is 20.1 Å². The van der Waals surface area contributed by atoms with Gasteiger partial charge in [-0.3, -0.25) is 4.79 Å². The Hall–Kier alpha value is -1.75. The minimum absolute atomic E-state index is 0.0291. The van der Waals surface area contributed by atoms with Crippen LogP contribution >= 0.6 is 0 Å². The van der Waals surface area contributed by atoms with E-state index in [9.17, 15) is 4.79 Å². The number of rotatable bonds is 3. The van der Waals surface area contributed by atoms with Crippen LogP contribution in [-0.2, 0) is 4.74 Å². The van der Waals surface area contributed by atoms with Crippen LogP contribution in [0.15, 0.2) is 18.2 Å². The van der Waals surface area contributed by atoms with Gasteiger partial charge in [0.1, 0.15) is 5.75 Å². The molecule has 0 spiro atoms. The maximum absolute atomic E-state index is 12.5. The first-order chi connectivity index (χ1) is 9.15. The summed E-state index contributed by atoms with van der Waals surface area (Å²) in [4.78, 5) is 14.3. The summed E-state index contributed by atoms with van der Waals surface area (Å²) in [6.07, 6.45) is 2.08. The molecule has 104 valence electrons. The van der Waals surface area contributed by atoms with Crippen molar-refractivity contribution in [2.75, 3.05) is 33.0 Å². The molecule has 0 aromatic heterocycles. The van der Waals surface area contributed by atoms with E-state index < -0.39 is 0 Å². The number of methoxy groups -OCH3 is 2. The standard InChI is InChI=1S/C14H20N2O3/c1-18-11-4-3-7-16(9-11)14(17)12-6-5-10(15)8-13(12)19-2/h5-6,8,11H,3-4,7,9,15H2,1-2H3. The molecule has 1 fully saturated rings. The molecule has 1 unspecified atom stereocenters. The van der Waals surface area contributed by atoms with Crippen LogP contribution in [-0.4, -0.2) is 44.2 Å².